The van der Waals surface area contributed by atoms with Crippen molar-refractivity contribution >= 4 is 38.6 Å². The fraction of sp³-hybridized carbons (Fsp3) is 0.133. The number of oxazole rings is 1. The number of sulfonamides is 1. The first kappa shape index (κ1) is 16.0. The van der Waals surface area contributed by atoms with Crippen molar-refractivity contribution in [3.05, 3.63) is 53.0 Å². The Morgan fingerprint density at radius 2 is 2.00 bits per heavy atom. The van der Waals surface area contributed by atoms with Crippen molar-refractivity contribution < 1.29 is 12.8 Å². The number of nitrogens with one attached hydrogen (secondary N) is 1. The zero-order valence-corrected chi connectivity index (χ0v) is 14.7. The molecule has 8 heteroatoms. The fourth-order valence-electron chi connectivity index (χ4n) is 1.97. The van der Waals surface area contributed by atoms with Crippen molar-refractivity contribution in [2.75, 3.05) is 4.72 Å². The number of nitrogens with zero attached hydrogens (tertiary/aromatic N) is 1. The first-order chi connectivity index (χ1) is 10.8. The van der Waals surface area contributed by atoms with Crippen LogP contribution in [0.15, 0.2) is 45.2 Å². The molecule has 0 aliphatic carbocycles. The molecule has 0 aliphatic rings. The van der Waals surface area contributed by atoms with Crippen LogP contribution in [-0.2, 0) is 10.0 Å². The van der Waals surface area contributed by atoms with Gasteiger partial charge in [0.25, 0.3) is 10.0 Å². The van der Waals surface area contributed by atoms with Crippen LogP contribution >= 0.6 is 22.9 Å². The Labute approximate surface area is 143 Å². The predicted molar refractivity (Wildman–Crippen MR) is 91.6 cm³/mol. The van der Waals surface area contributed by atoms with Gasteiger partial charge in [0, 0.05) is 6.92 Å². The van der Waals surface area contributed by atoms with Gasteiger partial charge >= 0.3 is 0 Å². The van der Waals surface area contributed by atoms with Crippen molar-refractivity contribution in [2.24, 2.45) is 0 Å². The summed E-state index contributed by atoms with van der Waals surface area (Å²) >= 11 is 7.19. The molecule has 2 heterocycles. The predicted octanol–water partition coefficient (Wildman–Crippen LogP) is 4.47. The van der Waals surface area contributed by atoms with Gasteiger partial charge in [-0.3, -0.25) is 4.72 Å². The van der Waals surface area contributed by atoms with Crippen LogP contribution in [0.1, 0.15) is 11.5 Å². The Morgan fingerprint density at radius 3 is 2.65 bits per heavy atom. The quantitative estimate of drug-likeness (QED) is 0.737. The molecule has 0 bridgehead atoms. The summed E-state index contributed by atoms with van der Waals surface area (Å²) in [7, 11) is -3.71. The summed E-state index contributed by atoms with van der Waals surface area (Å²) in [6, 6.07) is 8.36. The molecule has 0 unspecified atom stereocenters. The average Bonchev–Trinajstić information content (AvgIpc) is 3.10. The van der Waals surface area contributed by atoms with E-state index in [2.05, 4.69) is 9.71 Å². The maximum atomic E-state index is 12.5. The van der Waals surface area contributed by atoms with E-state index in [4.69, 9.17) is 16.0 Å². The van der Waals surface area contributed by atoms with E-state index in [1.807, 2.05) is 6.92 Å². The number of halogens is 1. The topological polar surface area (TPSA) is 72.2 Å². The number of hydrogen-bond donors (Lipinski definition) is 1. The Hall–Kier alpha value is -1.83. The number of aromatic nitrogens is 1. The van der Waals surface area contributed by atoms with Gasteiger partial charge in [-0.1, -0.05) is 17.7 Å². The van der Waals surface area contributed by atoms with Gasteiger partial charge in [-0.25, -0.2) is 13.4 Å². The lowest BCUT2D eigenvalue weighted by atomic mass is 10.2. The SMILES string of the molecule is Cc1ccc(NS(=O)(=O)c2ccc(-c3cnc(C)o3)s2)c(Cl)c1. The number of thiophene rings is 1. The van der Waals surface area contributed by atoms with Gasteiger partial charge in [0.15, 0.2) is 11.7 Å². The fourth-order valence-corrected chi connectivity index (χ4v) is 4.64. The lowest BCUT2D eigenvalue weighted by Gasteiger charge is -2.08. The summed E-state index contributed by atoms with van der Waals surface area (Å²) in [5.41, 5.74) is 1.31. The summed E-state index contributed by atoms with van der Waals surface area (Å²) < 4.78 is 33.1. The summed E-state index contributed by atoms with van der Waals surface area (Å²) in [6.07, 6.45) is 1.57. The van der Waals surface area contributed by atoms with Crippen LogP contribution < -0.4 is 4.72 Å². The molecule has 23 heavy (non-hydrogen) atoms. The van der Waals surface area contributed by atoms with Crippen molar-refractivity contribution in [1.29, 1.82) is 0 Å². The number of rotatable bonds is 4. The van der Waals surface area contributed by atoms with Crippen LogP contribution in [0.3, 0.4) is 0 Å². The van der Waals surface area contributed by atoms with Crippen LogP contribution in [-0.4, -0.2) is 13.4 Å². The minimum atomic E-state index is -3.71. The Bertz CT molecular complexity index is 961. The molecule has 1 aromatic carbocycles. The molecule has 0 saturated carbocycles. The molecule has 5 nitrogen and oxygen atoms in total. The van der Waals surface area contributed by atoms with Crippen molar-refractivity contribution in [3.8, 4) is 10.6 Å². The maximum Gasteiger partial charge on any atom is 0.271 e. The molecular formula is C15H13ClN2O3S2. The highest BCUT2D eigenvalue weighted by molar-refractivity contribution is 7.94. The van der Waals surface area contributed by atoms with Crippen LogP contribution in [0, 0.1) is 13.8 Å². The Kier molecular flexibility index (Phi) is 4.18. The summed E-state index contributed by atoms with van der Waals surface area (Å²) in [5.74, 6) is 1.07. The van der Waals surface area contributed by atoms with Crippen molar-refractivity contribution in [1.82, 2.24) is 4.98 Å². The van der Waals surface area contributed by atoms with Crippen molar-refractivity contribution in [3.63, 3.8) is 0 Å². The number of hydrogen-bond acceptors (Lipinski definition) is 5. The minimum Gasteiger partial charge on any atom is -0.440 e. The second-order valence-corrected chi connectivity index (χ2v) is 8.35. The van der Waals surface area contributed by atoms with E-state index in [0.29, 0.717) is 27.2 Å². The molecule has 2 aromatic heterocycles. The molecule has 0 radical (unpaired) electrons. The molecule has 0 fully saturated rings. The first-order valence-corrected chi connectivity index (χ1v) is 9.34. The lowest BCUT2D eigenvalue weighted by molar-refractivity contribution is 0.535. The van der Waals surface area contributed by atoms with Gasteiger partial charge in [-0.05, 0) is 36.8 Å². The first-order valence-electron chi connectivity index (χ1n) is 6.67. The maximum absolute atomic E-state index is 12.5. The molecule has 3 aromatic rings. The molecule has 0 saturated heterocycles. The summed E-state index contributed by atoms with van der Waals surface area (Å²) in [4.78, 5) is 4.70. The highest BCUT2D eigenvalue weighted by Crippen LogP contribution is 2.33. The third kappa shape index (κ3) is 3.41. The molecule has 0 aliphatic heterocycles. The van der Waals surface area contributed by atoms with E-state index in [-0.39, 0.29) is 4.21 Å². The smallest absolute Gasteiger partial charge is 0.271 e. The Morgan fingerprint density at radius 1 is 1.22 bits per heavy atom. The van der Waals surface area contributed by atoms with E-state index in [1.54, 1.807) is 37.4 Å². The van der Waals surface area contributed by atoms with Gasteiger partial charge in [-0.15, -0.1) is 11.3 Å². The van der Waals surface area contributed by atoms with E-state index in [9.17, 15) is 8.42 Å². The van der Waals surface area contributed by atoms with Gasteiger partial charge < -0.3 is 4.42 Å². The monoisotopic (exact) mass is 368 g/mol. The van der Waals surface area contributed by atoms with Gasteiger partial charge in [0.05, 0.1) is 21.8 Å². The molecule has 0 spiro atoms. The van der Waals surface area contributed by atoms with Gasteiger partial charge in [0.1, 0.15) is 4.21 Å². The molecule has 3 rings (SSSR count). The minimum absolute atomic E-state index is 0.179. The molecule has 0 atom stereocenters. The third-order valence-corrected chi connectivity index (χ3v) is 6.35. The second kappa shape index (κ2) is 5.99. The van der Waals surface area contributed by atoms with Crippen LogP contribution in [0.2, 0.25) is 5.02 Å². The van der Waals surface area contributed by atoms with E-state index in [0.717, 1.165) is 16.9 Å². The van der Waals surface area contributed by atoms with Crippen molar-refractivity contribution in [2.45, 2.75) is 18.1 Å². The van der Waals surface area contributed by atoms with Gasteiger partial charge in [0.2, 0.25) is 0 Å². The van der Waals surface area contributed by atoms with E-state index < -0.39 is 10.0 Å². The number of benzene rings is 1. The number of aryl methyl sites for hydroxylation is 2. The molecule has 0 amide bonds. The third-order valence-electron chi connectivity index (χ3n) is 3.08. The number of anilines is 1. The zero-order valence-electron chi connectivity index (χ0n) is 12.3. The second-order valence-electron chi connectivity index (χ2n) is 4.95. The van der Waals surface area contributed by atoms with Crippen LogP contribution in [0.5, 0.6) is 0 Å². The summed E-state index contributed by atoms with van der Waals surface area (Å²) in [6.45, 7) is 3.62. The molecule has 120 valence electrons. The largest absolute Gasteiger partial charge is 0.440 e. The standard InChI is InChI=1S/C15H13ClN2O3S2/c1-9-3-4-12(11(16)7-9)18-23(19,20)15-6-5-14(22-15)13-8-17-10(2)21-13/h3-8,18H,1-2H3. The zero-order chi connectivity index (χ0) is 16.6. The lowest BCUT2D eigenvalue weighted by Crippen LogP contribution is -2.11. The molecule has 1 N–H and O–H groups in total. The van der Waals surface area contributed by atoms with Crippen LogP contribution in [0.4, 0.5) is 5.69 Å². The van der Waals surface area contributed by atoms with Gasteiger partial charge in [-0.2, -0.15) is 0 Å². The highest BCUT2D eigenvalue weighted by Gasteiger charge is 2.19. The van der Waals surface area contributed by atoms with Crippen LogP contribution in [0.25, 0.3) is 10.6 Å². The normalized spacial score (nSPS) is 11.6. The van der Waals surface area contributed by atoms with E-state index in [1.165, 1.54) is 6.07 Å². The summed E-state index contributed by atoms with van der Waals surface area (Å²) in [5, 5.41) is 0.358. The molecular weight excluding hydrogens is 356 g/mol. The highest BCUT2D eigenvalue weighted by atomic mass is 35.5. The van der Waals surface area contributed by atoms with E-state index >= 15 is 0 Å². The Balaban J connectivity index is 1.89. The average molecular weight is 369 g/mol.